The van der Waals surface area contributed by atoms with Crippen LogP contribution in [0.5, 0.6) is 0 Å². The maximum Gasteiger partial charge on any atom is 0.224 e. The Hall–Kier alpha value is -2.00. The second kappa shape index (κ2) is 5.55. The molecule has 0 bridgehead atoms. The largest absolute Gasteiger partial charge is 0.340 e. The van der Waals surface area contributed by atoms with Gasteiger partial charge < -0.3 is 10.2 Å². The predicted octanol–water partition coefficient (Wildman–Crippen LogP) is 4.21. The third-order valence-electron chi connectivity index (χ3n) is 3.40. The number of hydrogen-bond donors (Lipinski definition) is 1. The molecule has 4 heteroatoms. The number of anilines is 3. The van der Waals surface area contributed by atoms with Crippen LogP contribution in [0, 0.1) is 0 Å². The third kappa shape index (κ3) is 2.49. The van der Waals surface area contributed by atoms with Gasteiger partial charge in [0, 0.05) is 18.7 Å². The zero-order chi connectivity index (χ0) is 13.9. The normalized spacial score (nSPS) is 15.1. The first kappa shape index (κ1) is 13.0. The van der Waals surface area contributed by atoms with Crippen LogP contribution in [0.3, 0.4) is 0 Å². The first-order valence-corrected chi connectivity index (χ1v) is 7.04. The van der Waals surface area contributed by atoms with Crippen molar-refractivity contribution in [2.75, 3.05) is 16.8 Å². The quantitative estimate of drug-likeness (QED) is 0.852. The van der Waals surface area contributed by atoms with E-state index in [0.29, 0.717) is 17.1 Å². The van der Waals surface area contributed by atoms with Gasteiger partial charge in [-0.3, -0.25) is 4.79 Å². The summed E-state index contributed by atoms with van der Waals surface area (Å²) in [5.74, 6) is 0.0204. The van der Waals surface area contributed by atoms with Gasteiger partial charge in [-0.1, -0.05) is 35.9 Å². The van der Waals surface area contributed by atoms with Gasteiger partial charge in [0.15, 0.2) is 0 Å². The Morgan fingerprint density at radius 1 is 1.05 bits per heavy atom. The number of halogens is 1. The predicted molar refractivity (Wildman–Crippen MR) is 82.8 cm³/mol. The zero-order valence-electron chi connectivity index (χ0n) is 11.0. The number of nitrogens with zero attached hydrogens (tertiary/aromatic N) is 1. The number of amides is 1. The van der Waals surface area contributed by atoms with Gasteiger partial charge in [0.2, 0.25) is 5.91 Å². The van der Waals surface area contributed by atoms with Crippen LogP contribution >= 0.6 is 11.6 Å². The Morgan fingerprint density at radius 3 is 2.65 bits per heavy atom. The molecular formula is C16H15ClN2O. The van der Waals surface area contributed by atoms with Crippen molar-refractivity contribution in [1.29, 1.82) is 0 Å². The SMILES string of the molecule is O=C1CCCN(c2ccccc2)c2cccc(Cl)c2N1. The van der Waals surface area contributed by atoms with Crippen molar-refractivity contribution in [2.24, 2.45) is 0 Å². The molecular weight excluding hydrogens is 272 g/mol. The maximum atomic E-state index is 11.8. The number of hydrogen-bond acceptors (Lipinski definition) is 2. The minimum Gasteiger partial charge on any atom is -0.340 e. The molecule has 0 atom stereocenters. The van der Waals surface area contributed by atoms with Gasteiger partial charge in [-0.05, 0) is 30.7 Å². The van der Waals surface area contributed by atoms with E-state index in [0.717, 1.165) is 24.3 Å². The van der Waals surface area contributed by atoms with Crippen molar-refractivity contribution in [3.05, 3.63) is 53.6 Å². The molecule has 0 fully saturated rings. The second-order valence-electron chi connectivity index (χ2n) is 4.77. The Labute approximate surface area is 123 Å². The molecule has 1 amide bonds. The molecule has 2 aromatic carbocycles. The fourth-order valence-corrected chi connectivity index (χ4v) is 2.67. The molecule has 0 unspecified atom stereocenters. The molecule has 0 radical (unpaired) electrons. The minimum atomic E-state index is 0.0204. The summed E-state index contributed by atoms with van der Waals surface area (Å²) in [7, 11) is 0. The highest BCUT2D eigenvalue weighted by Gasteiger charge is 2.20. The average molecular weight is 287 g/mol. The number of nitrogens with one attached hydrogen (secondary N) is 1. The molecule has 0 aromatic heterocycles. The molecule has 1 heterocycles. The highest BCUT2D eigenvalue weighted by atomic mass is 35.5. The van der Waals surface area contributed by atoms with Gasteiger partial charge in [0.25, 0.3) is 0 Å². The first-order valence-electron chi connectivity index (χ1n) is 6.66. The standard InChI is InChI=1S/C16H15ClN2O/c17-13-8-4-9-14-16(13)18-15(20)10-5-11-19(14)12-6-2-1-3-7-12/h1-4,6-9H,5,10-11H2,(H,18,20). The fourth-order valence-electron chi connectivity index (χ4n) is 2.46. The summed E-state index contributed by atoms with van der Waals surface area (Å²) < 4.78 is 0. The Balaban J connectivity index is 2.11. The van der Waals surface area contributed by atoms with Crippen molar-refractivity contribution in [2.45, 2.75) is 12.8 Å². The number of carbonyl (C=O) groups is 1. The molecule has 0 saturated carbocycles. The Morgan fingerprint density at radius 2 is 1.85 bits per heavy atom. The first-order chi connectivity index (χ1) is 9.75. The monoisotopic (exact) mass is 286 g/mol. The molecule has 1 aliphatic heterocycles. The van der Waals surface area contributed by atoms with E-state index in [1.807, 2.05) is 30.3 Å². The van der Waals surface area contributed by atoms with Gasteiger partial charge >= 0.3 is 0 Å². The summed E-state index contributed by atoms with van der Waals surface area (Å²) >= 11 is 6.24. The fraction of sp³-hybridized carbons (Fsp3) is 0.188. The van der Waals surface area contributed by atoms with Crippen LogP contribution in [0.15, 0.2) is 48.5 Å². The van der Waals surface area contributed by atoms with E-state index >= 15 is 0 Å². The summed E-state index contributed by atoms with van der Waals surface area (Å²) in [6.45, 7) is 0.796. The lowest BCUT2D eigenvalue weighted by Gasteiger charge is -2.29. The van der Waals surface area contributed by atoms with Crippen LogP contribution in [0.2, 0.25) is 5.02 Å². The van der Waals surface area contributed by atoms with Gasteiger partial charge in [-0.15, -0.1) is 0 Å². The van der Waals surface area contributed by atoms with Crippen LogP contribution in [0.25, 0.3) is 0 Å². The lowest BCUT2D eigenvalue weighted by atomic mass is 10.1. The van der Waals surface area contributed by atoms with Crippen molar-refractivity contribution in [1.82, 2.24) is 0 Å². The van der Waals surface area contributed by atoms with E-state index in [2.05, 4.69) is 22.3 Å². The van der Waals surface area contributed by atoms with Gasteiger partial charge in [-0.2, -0.15) is 0 Å². The molecule has 0 spiro atoms. The van der Waals surface area contributed by atoms with E-state index in [1.165, 1.54) is 0 Å². The molecule has 3 rings (SSSR count). The van der Waals surface area contributed by atoms with Crippen LogP contribution in [-0.4, -0.2) is 12.5 Å². The van der Waals surface area contributed by atoms with Crippen LogP contribution in [0.4, 0.5) is 17.1 Å². The molecule has 2 aromatic rings. The van der Waals surface area contributed by atoms with Crippen LogP contribution in [-0.2, 0) is 4.79 Å². The molecule has 0 saturated heterocycles. The average Bonchev–Trinajstić information content (AvgIpc) is 2.45. The van der Waals surface area contributed by atoms with Gasteiger partial charge in [0.1, 0.15) is 0 Å². The summed E-state index contributed by atoms with van der Waals surface area (Å²) in [5, 5.41) is 3.49. The smallest absolute Gasteiger partial charge is 0.224 e. The van der Waals surface area contributed by atoms with Crippen molar-refractivity contribution >= 4 is 34.6 Å². The Kier molecular flexibility index (Phi) is 3.61. The van der Waals surface area contributed by atoms with Gasteiger partial charge in [0.05, 0.1) is 16.4 Å². The van der Waals surface area contributed by atoms with Crippen molar-refractivity contribution in [3.63, 3.8) is 0 Å². The molecule has 1 aliphatic rings. The second-order valence-corrected chi connectivity index (χ2v) is 5.18. The summed E-state index contributed by atoms with van der Waals surface area (Å²) in [4.78, 5) is 14.0. The number of rotatable bonds is 1. The molecule has 1 N–H and O–H groups in total. The molecule has 20 heavy (non-hydrogen) atoms. The molecule has 102 valence electrons. The summed E-state index contributed by atoms with van der Waals surface area (Å²) in [6.07, 6.45) is 1.32. The lowest BCUT2D eigenvalue weighted by molar-refractivity contribution is -0.116. The maximum absolute atomic E-state index is 11.8. The molecule has 0 aliphatic carbocycles. The Bertz CT molecular complexity index is 628. The number of fused-ring (bicyclic) bond motifs is 1. The van der Waals surface area contributed by atoms with E-state index in [9.17, 15) is 4.79 Å². The minimum absolute atomic E-state index is 0.0204. The van der Waals surface area contributed by atoms with E-state index in [4.69, 9.17) is 11.6 Å². The number of carbonyl (C=O) groups excluding carboxylic acids is 1. The van der Waals surface area contributed by atoms with Crippen molar-refractivity contribution < 1.29 is 4.79 Å². The zero-order valence-corrected chi connectivity index (χ0v) is 11.7. The highest BCUT2D eigenvalue weighted by Crippen LogP contribution is 2.38. The van der Waals surface area contributed by atoms with Crippen LogP contribution in [0.1, 0.15) is 12.8 Å². The highest BCUT2D eigenvalue weighted by molar-refractivity contribution is 6.34. The number of benzene rings is 2. The summed E-state index contributed by atoms with van der Waals surface area (Å²) in [5.41, 5.74) is 2.74. The van der Waals surface area contributed by atoms with E-state index in [-0.39, 0.29) is 5.91 Å². The van der Waals surface area contributed by atoms with Gasteiger partial charge in [-0.25, -0.2) is 0 Å². The topological polar surface area (TPSA) is 32.3 Å². The third-order valence-corrected chi connectivity index (χ3v) is 3.72. The van der Waals surface area contributed by atoms with Crippen molar-refractivity contribution in [3.8, 4) is 0 Å². The van der Waals surface area contributed by atoms with E-state index in [1.54, 1.807) is 6.07 Å². The lowest BCUT2D eigenvalue weighted by Crippen LogP contribution is -2.25. The summed E-state index contributed by atoms with van der Waals surface area (Å²) in [6, 6.07) is 15.8. The van der Waals surface area contributed by atoms with E-state index < -0.39 is 0 Å². The number of para-hydroxylation sites is 2. The van der Waals surface area contributed by atoms with Crippen LogP contribution < -0.4 is 10.2 Å². The molecule has 3 nitrogen and oxygen atoms in total.